The number of nitrogens with zero attached hydrogens (tertiary/aromatic N) is 2. The molecule has 1 aromatic heterocycles. The molecule has 0 aliphatic carbocycles. The quantitative estimate of drug-likeness (QED) is 0.924. The van der Waals surface area contributed by atoms with Crippen molar-refractivity contribution in [2.45, 2.75) is 6.42 Å². The Bertz CT molecular complexity index is 644. The minimum absolute atomic E-state index is 0.288. The van der Waals surface area contributed by atoms with Crippen LogP contribution in [0.15, 0.2) is 34.9 Å². The second kappa shape index (κ2) is 4.81. The molecule has 5 heteroatoms. The largest absolute Gasteiger partial charge is 0.481 e. The predicted octanol–water partition coefficient (Wildman–Crippen LogP) is 2.91. The number of carbonyl (C=O) groups is 1. The monoisotopic (exact) mass is 320 g/mol. The highest BCUT2D eigenvalue weighted by molar-refractivity contribution is 9.10. The first-order valence-electron chi connectivity index (χ1n) is 6.18. The van der Waals surface area contributed by atoms with E-state index in [1.165, 1.54) is 0 Å². The van der Waals surface area contributed by atoms with Gasteiger partial charge in [-0.15, -0.1) is 0 Å². The standard InChI is InChI=1S/C14H13BrN2O2/c15-12-3-1-2-11-10(12)4-6-16-13(11)17-7-5-9(8-17)14(18)19/h1-4,6,9H,5,7-8H2,(H,18,19). The minimum Gasteiger partial charge on any atom is -0.481 e. The highest BCUT2D eigenvalue weighted by Gasteiger charge is 2.29. The molecule has 2 heterocycles. The van der Waals surface area contributed by atoms with Crippen LogP contribution in [0.5, 0.6) is 0 Å². The van der Waals surface area contributed by atoms with Crippen LogP contribution in [-0.2, 0) is 4.79 Å². The lowest BCUT2D eigenvalue weighted by atomic mass is 10.1. The van der Waals surface area contributed by atoms with Gasteiger partial charge in [0, 0.05) is 34.5 Å². The number of rotatable bonds is 2. The van der Waals surface area contributed by atoms with Crippen molar-refractivity contribution in [3.8, 4) is 0 Å². The minimum atomic E-state index is -0.719. The topological polar surface area (TPSA) is 53.4 Å². The van der Waals surface area contributed by atoms with Crippen molar-refractivity contribution in [1.82, 2.24) is 4.98 Å². The van der Waals surface area contributed by atoms with Gasteiger partial charge in [0.1, 0.15) is 5.82 Å². The number of halogens is 1. The molecule has 2 aromatic rings. The highest BCUT2D eigenvalue weighted by Crippen LogP contribution is 2.32. The van der Waals surface area contributed by atoms with Crippen molar-refractivity contribution < 1.29 is 9.90 Å². The van der Waals surface area contributed by atoms with Gasteiger partial charge in [0.15, 0.2) is 0 Å². The zero-order valence-electron chi connectivity index (χ0n) is 10.2. The lowest BCUT2D eigenvalue weighted by Gasteiger charge is -2.19. The third kappa shape index (κ3) is 2.18. The van der Waals surface area contributed by atoms with Crippen LogP contribution in [0.4, 0.5) is 5.82 Å². The summed E-state index contributed by atoms with van der Waals surface area (Å²) in [6.07, 6.45) is 2.46. The summed E-state index contributed by atoms with van der Waals surface area (Å²) >= 11 is 3.53. The SMILES string of the molecule is O=C(O)C1CCN(c2nccc3c(Br)cccc23)C1. The Kier molecular flexibility index (Phi) is 3.14. The average molecular weight is 321 g/mol. The van der Waals surface area contributed by atoms with E-state index in [2.05, 4.69) is 25.8 Å². The van der Waals surface area contributed by atoms with Crippen LogP contribution >= 0.6 is 15.9 Å². The zero-order valence-corrected chi connectivity index (χ0v) is 11.8. The molecular formula is C14H13BrN2O2. The number of aliphatic carboxylic acids is 1. The second-order valence-electron chi connectivity index (χ2n) is 4.74. The molecule has 1 fully saturated rings. The van der Waals surface area contributed by atoms with Crippen LogP contribution in [0.1, 0.15) is 6.42 Å². The molecule has 0 radical (unpaired) electrons. The van der Waals surface area contributed by atoms with Crippen molar-refractivity contribution in [3.63, 3.8) is 0 Å². The first-order valence-corrected chi connectivity index (χ1v) is 6.97. The lowest BCUT2D eigenvalue weighted by Crippen LogP contribution is -2.23. The Morgan fingerprint density at radius 2 is 2.21 bits per heavy atom. The maximum Gasteiger partial charge on any atom is 0.308 e. The molecule has 0 bridgehead atoms. The van der Waals surface area contributed by atoms with Gasteiger partial charge in [0.25, 0.3) is 0 Å². The van der Waals surface area contributed by atoms with Crippen molar-refractivity contribution in [2.75, 3.05) is 18.0 Å². The molecule has 3 rings (SSSR count). The van der Waals surface area contributed by atoms with Crippen LogP contribution in [-0.4, -0.2) is 29.1 Å². The molecule has 19 heavy (non-hydrogen) atoms. The number of aromatic nitrogens is 1. The van der Waals surface area contributed by atoms with Crippen molar-refractivity contribution in [1.29, 1.82) is 0 Å². The van der Waals surface area contributed by atoms with E-state index < -0.39 is 5.97 Å². The summed E-state index contributed by atoms with van der Waals surface area (Å²) in [7, 11) is 0. The number of pyridine rings is 1. The van der Waals surface area contributed by atoms with Gasteiger partial charge in [-0.05, 0) is 18.6 Å². The number of hydrogen-bond donors (Lipinski definition) is 1. The Morgan fingerprint density at radius 3 is 2.95 bits per heavy atom. The normalized spacial score (nSPS) is 19.0. The summed E-state index contributed by atoms with van der Waals surface area (Å²) in [6, 6.07) is 7.96. The first kappa shape index (κ1) is 12.4. The van der Waals surface area contributed by atoms with E-state index in [1.54, 1.807) is 6.20 Å². The van der Waals surface area contributed by atoms with Crippen LogP contribution in [0.2, 0.25) is 0 Å². The number of carboxylic acids is 1. The number of hydrogen-bond acceptors (Lipinski definition) is 3. The van der Waals surface area contributed by atoms with Gasteiger partial charge in [-0.25, -0.2) is 4.98 Å². The molecule has 0 spiro atoms. The van der Waals surface area contributed by atoms with Gasteiger partial charge in [-0.3, -0.25) is 4.79 Å². The van der Waals surface area contributed by atoms with Gasteiger partial charge >= 0.3 is 5.97 Å². The first-order chi connectivity index (χ1) is 9.16. The molecular weight excluding hydrogens is 308 g/mol. The van der Waals surface area contributed by atoms with Crippen LogP contribution < -0.4 is 4.90 Å². The van der Waals surface area contributed by atoms with E-state index in [1.807, 2.05) is 24.3 Å². The van der Waals surface area contributed by atoms with E-state index in [0.717, 1.165) is 27.6 Å². The fourth-order valence-corrected chi connectivity index (χ4v) is 3.06. The summed E-state index contributed by atoms with van der Waals surface area (Å²) < 4.78 is 1.03. The Labute approximate surface area is 119 Å². The smallest absolute Gasteiger partial charge is 0.308 e. The summed E-state index contributed by atoms with van der Waals surface area (Å²) in [6.45, 7) is 1.28. The third-order valence-corrected chi connectivity index (χ3v) is 4.26. The van der Waals surface area contributed by atoms with Crippen LogP contribution in [0, 0.1) is 5.92 Å². The maximum atomic E-state index is 11.0. The maximum absolute atomic E-state index is 11.0. The fourth-order valence-electron chi connectivity index (χ4n) is 2.56. The molecule has 1 aliphatic rings. The average Bonchev–Trinajstić information content (AvgIpc) is 2.88. The summed E-state index contributed by atoms with van der Waals surface area (Å²) in [4.78, 5) is 17.5. The molecule has 0 saturated carbocycles. The van der Waals surface area contributed by atoms with Crippen molar-refractivity contribution >= 4 is 38.5 Å². The highest BCUT2D eigenvalue weighted by atomic mass is 79.9. The second-order valence-corrected chi connectivity index (χ2v) is 5.59. The lowest BCUT2D eigenvalue weighted by molar-refractivity contribution is -0.140. The molecule has 1 atom stereocenters. The van der Waals surface area contributed by atoms with E-state index in [4.69, 9.17) is 5.11 Å². The van der Waals surface area contributed by atoms with Crippen LogP contribution in [0.25, 0.3) is 10.8 Å². The van der Waals surface area contributed by atoms with E-state index in [9.17, 15) is 4.79 Å². The molecule has 1 aliphatic heterocycles. The van der Waals surface area contributed by atoms with E-state index >= 15 is 0 Å². The van der Waals surface area contributed by atoms with Crippen molar-refractivity contribution in [3.05, 3.63) is 34.9 Å². The van der Waals surface area contributed by atoms with Gasteiger partial charge in [-0.2, -0.15) is 0 Å². The number of benzene rings is 1. The van der Waals surface area contributed by atoms with Gasteiger partial charge in [-0.1, -0.05) is 28.1 Å². The Hall–Kier alpha value is -1.62. The van der Waals surface area contributed by atoms with E-state index in [-0.39, 0.29) is 5.92 Å². The molecule has 1 N–H and O–H groups in total. The van der Waals surface area contributed by atoms with Gasteiger partial charge in [0.2, 0.25) is 0 Å². The third-order valence-electron chi connectivity index (χ3n) is 3.57. The summed E-state index contributed by atoms with van der Waals surface area (Å²) in [5.74, 6) is -0.129. The van der Waals surface area contributed by atoms with Crippen LogP contribution in [0.3, 0.4) is 0 Å². The van der Waals surface area contributed by atoms with E-state index in [0.29, 0.717) is 13.0 Å². The predicted molar refractivity (Wildman–Crippen MR) is 77.4 cm³/mol. The molecule has 98 valence electrons. The summed E-state index contributed by atoms with van der Waals surface area (Å²) in [5.41, 5.74) is 0. The zero-order chi connectivity index (χ0) is 13.4. The molecule has 4 nitrogen and oxygen atoms in total. The molecule has 1 unspecified atom stereocenters. The molecule has 1 saturated heterocycles. The Morgan fingerprint density at radius 1 is 1.37 bits per heavy atom. The van der Waals surface area contributed by atoms with Crippen molar-refractivity contribution in [2.24, 2.45) is 5.92 Å². The number of fused-ring (bicyclic) bond motifs is 1. The fraction of sp³-hybridized carbons (Fsp3) is 0.286. The molecule has 1 aromatic carbocycles. The molecule has 0 amide bonds. The number of carboxylic acid groups (broad SMARTS) is 1. The number of anilines is 1. The Balaban J connectivity index is 2.02. The summed E-state index contributed by atoms with van der Waals surface area (Å²) in [5, 5.41) is 11.2. The van der Waals surface area contributed by atoms with Gasteiger partial charge in [0.05, 0.1) is 5.92 Å². The van der Waals surface area contributed by atoms with Gasteiger partial charge < -0.3 is 10.0 Å².